The molecule has 2 aromatic carbocycles. The van der Waals surface area contributed by atoms with Gasteiger partial charge in [-0.1, -0.05) is 19.9 Å². The number of fused-ring (bicyclic) bond motifs is 1. The van der Waals surface area contributed by atoms with Crippen molar-refractivity contribution >= 4 is 28.6 Å². The minimum Gasteiger partial charge on any atom is -0.508 e. The van der Waals surface area contributed by atoms with Gasteiger partial charge in [0.05, 0.1) is 16.9 Å². The second-order valence-electron chi connectivity index (χ2n) is 7.46. The Kier molecular flexibility index (Phi) is 8.15. The number of hydrogen-bond acceptors (Lipinski definition) is 8. The average molecular weight is 439 g/mol. The van der Waals surface area contributed by atoms with Crippen molar-refractivity contribution in [3.63, 3.8) is 0 Å². The Labute approximate surface area is 184 Å². The van der Waals surface area contributed by atoms with Crippen LogP contribution in [0, 0.1) is 12.8 Å². The number of pyridine rings is 1. The number of nitrogens with one attached hydrogen (secondary N) is 1. The molecule has 0 aliphatic carbocycles. The topological polar surface area (TPSA) is 152 Å². The van der Waals surface area contributed by atoms with Crippen LogP contribution >= 0.6 is 0 Å². The van der Waals surface area contributed by atoms with E-state index in [0.717, 1.165) is 16.6 Å². The Morgan fingerprint density at radius 2 is 1.78 bits per heavy atom. The molecule has 0 saturated heterocycles. The molecular weight excluding hydrogens is 414 g/mol. The van der Waals surface area contributed by atoms with Crippen molar-refractivity contribution in [2.45, 2.75) is 26.8 Å². The molecular formula is C23H25N3O6. The fraction of sp³-hybridized carbons (Fsp3) is 0.261. The average Bonchev–Trinajstić information content (AvgIpc) is 2.70. The number of aromatic hydroxyl groups is 2. The molecule has 1 amide bonds. The molecule has 9 nitrogen and oxygen atoms in total. The summed E-state index contributed by atoms with van der Waals surface area (Å²) in [6, 6.07) is 10.8. The summed E-state index contributed by atoms with van der Waals surface area (Å²) >= 11 is 0. The Hall–Kier alpha value is -4.10. The van der Waals surface area contributed by atoms with Crippen LogP contribution in [-0.2, 0) is 9.59 Å². The Balaban J connectivity index is 0.00000114. The van der Waals surface area contributed by atoms with Crippen molar-refractivity contribution in [2.75, 3.05) is 12.3 Å². The lowest BCUT2D eigenvalue weighted by atomic mass is 10.0. The van der Waals surface area contributed by atoms with Crippen LogP contribution < -0.4 is 15.8 Å². The summed E-state index contributed by atoms with van der Waals surface area (Å²) in [6.45, 7) is 6.04. The molecule has 3 aromatic rings. The normalized spacial score (nSPS) is 11.2. The monoisotopic (exact) mass is 439 g/mol. The third-order valence-corrected chi connectivity index (χ3v) is 4.66. The van der Waals surface area contributed by atoms with Gasteiger partial charge in [0.2, 0.25) is 0 Å². The summed E-state index contributed by atoms with van der Waals surface area (Å²) < 4.78 is 6.01. The first kappa shape index (κ1) is 24.2. The zero-order valence-electron chi connectivity index (χ0n) is 18.0. The van der Waals surface area contributed by atoms with E-state index >= 15 is 0 Å². The number of hydrogen-bond donors (Lipinski definition) is 4. The molecule has 168 valence electrons. The number of rotatable bonds is 6. The van der Waals surface area contributed by atoms with Crippen LogP contribution in [0.2, 0.25) is 0 Å². The summed E-state index contributed by atoms with van der Waals surface area (Å²) in [4.78, 5) is 33.3. The fourth-order valence-corrected chi connectivity index (χ4v) is 3.10. The van der Waals surface area contributed by atoms with Crippen molar-refractivity contribution in [3.05, 3.63) is 53.7 Å². The summed E-state index contributed by atoms with van der Waals surface area (Å²) in [6.07, 6.45) is 0.250. The van der Waals surface area contributed by atoms with Crippen LogP contribution in [0.4, 0.5) is 5.69 Å². The molecule has 0 unspecified atom stereocenters. The van der Waals surface area contributed by atoms with E-state index in [9.17, 15) is 15.0 Å². The quantitative estimate of drug-likeness (QED) is 0.457. The molecule has 3 rings (SSSR count). The third kappa shape index (κ3) is 6.20. The maximum Gasteiger partial charge on any atom is 0.373 e. The number of aromatic nitrogens is 1. The van der Waals surface area contributed by atoms with Crippen LogP contribution in [0.1, 0.15) is 29.9 Å². The number of phenolic OH excluding ortho intramolecular Hbond substituents is 2. The predicted molar refractivity (Wildman–Crippen MR) is 117 cm³/mol. The zero-order valence-corrected chi connectivity index (χ0v) is 18.0. The Morgan fingerprint density at radius 3 is 2.38 bits per heavy atom. The highest BCUT2D eigenvalue weighted by molar-refractivity contribution is 5.96. The van der Waals surface area contributed by atoms with E-state index < -0.39 is 5.91 Å². The summed E-state index contributed by atoms with van der Waals surface area (Å²) in [5.74, 6) is -0.0868. The predicted octanol–water partition coefficient (Wildman–Crippen LogP) is 2.79. The summed E-state index contributed by atoms with van der Waals surface area (Å²) in [5.41, 5.74) is 8.51. The summed E-state index contributed by atoms with van der Waals surface area (Å²) in [5, 5.41) is 22.8. The van der Waals surface area contributed by atoms with Crippen LogP contribution in [0.3, 0.4) is 0 Å². The van der Waals surface area contributed by atoms with Gasteiger partial charge in [-0.3, -0.25) is 9.78 Å². The van der Waals surface area contributed by atoms with Gasteiger partial charge in [-0.15, -0.1) is 0 Å². The van der Waals surface area contributed by atoms with Crippen LogP contribution in [0.5, 0.6) is 17.2 Å². The van der Waals surface area contributed by atoms with Crippen molar-refractivity contribution < 1.29 is 29.3 Å². The second kappa shape index (κ2) is 10.8. The second-order valence-corrected chi connectivity index (χ2v) is 7.46. The standard InChI is InChI=1S/C22H25N3O4.CO2/c1-12(2)19(25-22(28)14-8-15(26)10-16(27)9-14)11-29-20-6-4-5-18-21(20)17(23)7-13(3)24-18;2-1-3/h4-10,12,19,26-27H,11H2,1-3H3,(H2,23,24)(H,25,28);/t19-;/m1./s1. The van der Waals surface area contributed by atoms with Gasteiger partial charge in [0.25, 0.3) is 5.91 Å². The van der Waals surface area contributed by atoms with E-state index in [0.29, 0.717) is 11.4 Å². The van der Waals surface area contributed by atoms with Crippen molar-refractivity contribution in [1.29, 1.82) is 0 Å². The van der Waals surface area contributed by atoms with E-state index in [1.165, 1.54) is 18.2 Å². The number of carbonyl (C=O) groups is 1. The molecule has 1 atom stereocenters. The van der Waals surface area contributed by atoms with E-state index in [1.807, 2.05) is 39.0 Å². The Morgan fingerprint density at radius 1 is 1.16 bits per heavy atom. The maximum absolute atomic E-state index is 12.6. The minimum atomic E-state index is -0.409. The molecule has 5 N–H and O–H groups in total. The molecule has 0 spiro atoms. The number of nitrogens with zero attached hydrogens (tertiary/aromatic N) is 1. The largest absolute Gasteiger partial charge is 0.508 e. The van der Waals surface area contributed by atoms with Gasteiger partial charge < -0.3 is 26.0 Å². The number of carbonyl (C=O) groups excluding carboxylic acids is 3. The highest BCUT2D eigenvalue weighted by atomic mass is 16.5. The minimum absolute atomic E-state index is 0.0811. The first-order chi connectivity index (χ1) is 15.2. The molecule has 1 heterocycles. The van der Waals surface area contributed by atoms with Gasteiger partial charge in [0, 0.05) is 23.0 Å². The molecule has 0 saturated carbocycles. The molecule has 0 aliphatic rings. The lowest BCUT2D eigenvalue weighted by Gasteiger charge is -2.23. The highest BCUT2D eigenvalue weighted by Gasteiger charge is 2.20. The van der Waals surface area contributed by atoms with Crippen molar-refractivity contribution in [2.24, 2.45) is 5.92 Å². The Bertz CT molecular complexity index is 1120. The van der Waals surface area contributed by atoms with Gasteiger partial charge in [0.15, 0.2) is 0 Å². The van der Waals surface area contributed by atoms with Crippen molar-refractivity contribution in [1.82, 2.24) is 10.3 Å². The maximum atomic E-state index is 12.6. The number of benzene rings is 2. The van der Waals surface area contributed by atoms with Gasteiger partial charge in [-0.2, -0.15) is 9.59 Å². The van der Waals surface area contributed by atoms with Gasteiger partial charge in [-0.25, -0.2) is 0 Å². The lowest BCUT2D eigenvalue weighted by Crippen LogP contribution is -2.42. The molecule has 9 heteroatoms. The molecule has 0 aliphatic heterocycles. The third-order valence-electron chi connectivity index (χ3n) is 4.66. The van der Waals surface area contributed by atoms with E-state index in [1.54, 1.807) is 6.07 Å². The van der Waals surface area contributed by atoms with Gasteiger partial charge in [-0.05, 0) is 43.2 Å². The van der Waals surface area contributed by atoms with E-state index in [-0.39, 0.29) is 41.8 Å². The number of nitrogens with two attached hydrogens (primary N) is 1. The summed E-state index contributed by atoms with van der Waals surface area (Å²) in [7, 11) is 0. The number of nitrogen functional groups attached to an aromatic ring is 1. The lowest BCUT2D eigenvalue weighted by molar-refractivity contribution is -0.191. The number of ether oxygens (including phenoxy) is 1. The van der Waals surface area contributed by atoms with Crippen LogP contribution in [-0.4, -0.2) is 39.9 Å². The zero-order chi connectivity index (χ0) is 23.8. The molecule has 0 bridgehead atoms. The number of amides is 1. The van der Waals surface area contributed by atoms with Crippen LogP contribution in [0.15, 0.2) is 42.5 Å². The van der Waals surface area contributed by atoms with Gasteiger partial charge >= 0.3 is 6.15 Å². The van der Waals surface area contributed by atoms with Crippen LogP contribution in [0.25, 0.3) is 10.9 Å². The van der Waals surface area contributed by atoms with Crippen molar-refractivity contribution in [3.8, 4) is 17.2 Å². The molecule has 0 radical (unpaired) electrons. The molecule has 0 fully saturated rings. The number of aryl methyl sites for hydroxylation is 1. The van der Waals surface area contributed by atoms with E-state index in [2.05, 4.69) is 10.3 Å². The van der Waals surface area contributed by atoms with E-state index in [4.69, 9.17) is 20.1 Å². The SMILES string of the molecule is Cc1cc(N)c2c(OC[C@@H](NC(=O)c3cc(O)cc(O)c3)C(C)C)cccc2n1.O=C=O. The highest BCUT2D eigenvalue weighted by Crippen LogP contribution is 2.30. The number of phenols is 2. The van der Waals surface area contributed by atoms with Gasteiger partial charge in [0.1, 0.15) is 23.9 Å². The molecule has 32 heavy (non-hydrogen) atoms. The fourth-order valence-electron chi connectivity index (χ4n) is 3.10. The first-order valence-corrected chi connectivity index (χ1v) is 9.78. The first-order valence-electron chi connectivity index (χ1n) is 9.78. The smallest absolute Gasteiger partial charge is 0.373 e. The number of anilines is 1. The molecule has 1 aromatic heterocycles.